The zero-order chi connectivity index (χ0) is 8.97. The zero-order valence-corrected chi connectivity index (χ0v) is 8.78. The minimum absolute atomic E-state index is 0. The predicted molar refractivity (Wildman–Crippen MR) is 50.7 cm³/mol. The second-order valence-electron chi connectivity index (χ2n) is 2.50. The van der Waals surface area contributed by atoms with E-state index in [0.717, 1.165) is 5.56 Å². The normalized spacial score (nSPS) is 8.07. The molecule has 1 N–H and O–H groups in total. The van der Waals surface area contributed by atoms with Gasteiger partial charge in [0.1, 0.15) is 5.75 Å². The Hall–Kier alpha value is -0.913. The average Bonchev–Trinajstić information content (AvgIpc) is 2.03. The molecule has 0 spiro atoms. The van der Waals surface area contributed by atoms with Crippen LogP contribution in [0.15, 0.2) is 24.3 Å². The van der Waals surface area contributed by atoms with Gasteiger partial charge in [0.05, 0.1) is 0 Å². The number of benzene rings is 1. The molecule has 72 valence electrons. The van der Waals surface area contributed by atoms with E-state index in [1.54, 1.807) is 12.1 Å². The summed E-state index contributed by atoms with van der Waals surface area (Å²) in [6, 6.07) is 7.24. The van der Waals surface area contributed by atoms with Crippen LogP contribution in [0.2, 0.25) is 0 Å². The molecule has 4 heteroatoms. The summed E-state index contributed by atoms with van der Waals surface area (Å²) in [5.41, 5.74) is 1.12. The smallest absolute Gasteiger partial charge is 0.482 e. The zero-order valence-electron chi connectivity index (χ0n) is 8.78. The van der Waals surface area contributed by atoms with Gasteiger partial charge < -0.3 is 17.3 Å². The maximum atomic E-state index is 10.1. The molecule has 0 aromatic heterocycles. The number of aliphatic carboxylic acids is 1. The molecule has 0 unspecified atom stereocenters. The van der Waals surface area contributed by atoms with Gasteiger partial charge >= 0.3 is 24.8 Å². The van der Waals surface area contributed by atoms with Gasteiger partial charge in [-0.15, -0.1) is 0 Å². The number of ether oxygens (including phenoxy) is 1. The average molecular weight is 188 g/mol. The Morgan fingerprint density at radius 1 is 1.36 bits per heavy atom. The van der Waals surface area contributed by atoms with Crippen molar-refractivity contribution in [1.29, 1.82) is 0 Å². The Labute approximate surface area is 96.3 Å². The van der Waals surface area contributed by atoms with Crippen LogP contribution in [-0.4, -0.2) is 17.7 Å². The van der Waals surface area contributed by atoms with Crippen LogP contribution in [-0.2, 0) is 4.79 Å². The van der Waals surface area contributed by atoms with E-state index in [4.69, 9.17) is 9.84 Å². The fourth-order valence-corrected chi connectivity index (χ4v) is 0.780. The number of aryl methyl sites for hydroxylation is 1. The second kappa shape index (κ2) is 7.49. The van der Waals surface area contributed by atoms with Gasteiger partial charge in [-0.2, -0.15) is 0 Å². The SMILES string of the molecule is Cc1ccc(OCC(=O)O)cc1.[CH3-].[Li+]. The first-order valence-corrected chi connectivity index (χ1v) is 3.60. The van der Waals surface area contributed by atoms with Crippen molar-refractivity contribution in [3.63, 3.8) is 0 Å². The van der Waals surface area contributed by atoms with E-state index in [0.29, 0.717) is 5.75 Å². The molecule has 1 aromatic carbocycles. The van der Waals surface area contributed by atoms with Crippen molar-refractivity contribution in [1.82, 2.24) is 0 Å². The summed E-state index contributed by atoms with van der Waals surface area (Å²) in [5.74, 6) is -0.376. The molecule has 0 aliphatic heterocycles. The van der Waals surface area contributed by atoms with Crippen LogP contribution < -0.4 is 23.6 Å². The number of hydrogen-bond donors (Lipinski definition) is 1. The van der Waals surface area contributed by atoms with Gasteiger partial charge in [-0.25, -0.2) is 4.79 Å². The van der Waals surface area contributed by atoms with Gasteiger partial charge in [0.2, 0.25) is 0 Å². The van der Waals surface area contributed by atoms with E-state index in [1.165, 1.54) is 0 Å². The topological polar surface area (TPSA) is 46.5 Å². The molecule has 0 fully saturated rings. The van der Waals surface area contributed by atoms with Gasteiger partial charge in [0.15, 0.2) is 6.61 Å². The molecule has 0 atom stereocenters. The summed E-state index contributed by atoms with van der Waals surface area (Å²) in [6.07, 6.45) is 0. The summed E-state index contributed by atoms with van der Waals surface area (Å²) in [7, 11) is 0. The van der Waals surface area contributed by atoms with Crippen molar-refractivity contribution in [2.75, 3.05) is 6.61 Å². The summed E-state index contributed by atoms with van der Waals surface area (Å²) < 4.78 is 4.92. The molecule has 0 aliphatic rings. The summed E-state index contributed by atoms with van der Waals surface area (Å²) in [6.45, 7) is 1.67. The van der Waals surface area contributed by atoms with E-state index in [1.807, 2.05) is 19.1 Å². The molecule has 0 saturated carbocycles. The molecule has 0 amide bonds. The molecule has 0 bridgehead atoms. The van der Waals surface area contributed by atoms with E-state index >= 15 is 0 Å². The van der Waals surface area contributed by atoms with Crippen LogP contribution in [0, 0.1) is 14.4 Å². The molecular weight excluding hydrogens is 175 g/mol. The third-order valence-corrected chi connectivity index (χ3v) is 1.38. The van der Waals surface area contributed by atoms with Crippen LogP contribution in [0.25, 0.3) is 0 Å². The van der Waals surface area contributed by atoms with Crippen molar-refractivity contribution < 1.29 is 33.5 Å². The molecular formula is C10H13LiO3. The molecule has 1 rings (SSSR count). The van der Waals surface area contributed by atoms with Crippen LogP contribution in [0.5, 0.6) is 5.75 Å². The van der Waals surface area contributed by atoms with Crippen molar-refractivity contribution >= 4 is 5.97 Å². The first-order valence-electron chi connectivity index (χ1n) is 3.60. The first-order chi connectivity index (χ1) is 5.68. The molecule has 14 heavy (non-hydrogen) atoms. The number of carboxylic acid groups (broad SMARTS) is 1. The summed E-state index contributed by atoms with van der Waals surface area (Å²) in [5, 5.41) is 8.30. The Morgan fingerprint density at radius 2 is 1.86 bits per heavy atom. The molecule has 0 radical (unpaired) electrons. The Morgan fingerprint density at radius 3 is 2.29 bits per heavy atom. The van der Waals surface area contributed by atoms with Gasteiger partial charge in [-0.1, -0.05) is 17.7 Å². The Bertz CT molecular complexity index is 269. The van der Waals surface area contributed by atoms with Gasteiger partial charge in [0, 0.05) is 0 Å². The summed E-state index contributed by atoms with van der Waals surface area (Å²) >= 11 is 0. The standard InChI is InChI=1S/C9H10O3.CH3.Li/c1-7-2-4-8(5-3-7)12-6-9(10)11;;/h2-5H,6H2,1H3,(H,10,11);1H3;/q;-1;+1. The van der Waals surface area contributed by atoms with Crippen LogP contribution in [0.4, 0.5) is 0 Å². The molecule has 1 aromatic rings. The summed E-state index contributed by atoms with van der Waals surface area (Å²) in [4.78, 5) is 10.1. The van der Waals surface area contributed by atoms with E-state index in [9.17, 15) is 4.79 Å². The number of carbonyl (C=O) groups is 1. The fraction of sp³-hybridized carbons (Fsp3) is 0.200. The van der Waals surface area contributed by atoms with Gasteiger partial charge in [-0.3, -0.25) is 0 Å². The maximum absolute atomic E-state index is 10.1. The van der Waals surface area contributed by atoms with E-state index < -0.39 is 5.97 Å². The second-order valence-corrected chi connectivity index (χ2v) is 2.50. The van der Waals surface area contributed by atoms with E-state index in [2.05, 4.69) is 0 Å². The van der Waals surface area contributed by atoms with Crippen molar-refractivity contribution in [2.45, 2.75) is 6.92 Å². The van der Waals surface area contributed by atoms with Gasteiger partial charge in [-0.05, 0) is 19.1 Å². The molecule has 0 heterocycles. The fourth-order valence-electron chi connectivity index (χ4n) is 0.780. The predicted octanol–water partition coefficient (Wildman–Crippen LogP) is -1.09. The third-order valence-electron chi connectivity index (χ3n) is 1.38. The minimum Gasteiger partial charge on any atom is -0.482 e. The van der Waals surface area contributed by atoms with Gasteiger partial charge in [0.25, 0.3) is 0 Å². The van der Waals surface area contributed by atoms with Crippen LogP contribution in [0.1, 0.15) is 5.56 Å². The minimum atomic E-state index is -0.962. The van der Waals surface area contributed by atoms with Crippen LogP contribution >= 0.6 is 0 Å². The number of hydrogen-bond acceptors (Lipinski definition) is 2. The molecule has 3 nitrogen and oxygen atoms in total. The number of carboxylic acids is 1. The van der Waals surface area contributed by atoms with Crippen molar-refractivity contribution in [3.8, 4) is 5.75 Å². The Kier molecular flexibility index (Phi) is 8.32. The maximum Gasteiger partial charge on any atom is 1.00 e. The van der Waals surface area contributed by atoms with E-state index in [-0.39, 0.29) is 32.9 Å². The monoisotopic (exact) mass is 188 g/mol. The Balaban J connectivity index is 0. The van der Waals surface area contributed by atoms with Crippen molar-refractivity contribution in [3.05, 3.63) is 37.3 Å². The quantitative estimate of drug-likeness (QED) is 0.484. The van der Waals surface area contributed by atoms with Crippen molar-refractivity contribution in [2.24, 2.45) is 0 Å². The van der Waals surface area contributed by atoms with Crippen LogP contribution in [0.3, 0.4) is 0 Å². The molecule has 0 saturated heterocycles. The first kappa shape index (κ1) is 15.6. The number of rotatable bonds is 3. The third kappa shape index (κ3) is 5.68. The molecule has 0 aliphatic carbocycles. The largest absolute Gasteiger partial charge is 1.00 e.